The van der Waals surface area contributed by atoms with Crippen molar-refractivity contribution >= 4 is 35.7 Å². The Morgan fingerprint density at radius 2 is 2.19 bits per heavy atom. The summed E-state index contributed by atoms with van der Waals surface area (Å²) in [7, 11) is 1.76. The third kappa shape index (κ3) is 1.69. The normalized spacial score (nSPS) is 11.2. The molecular formula is C9H6BClF2N2O. The molecule has 82 valence electrons. The third-order valence-corrected chi connectivity index (χ3v) is 2.37. The minimum absolute atomic E-state index is 0.142. The maximum absolute atomic E-state index is 12.7. The molecule has 0 saturated heterocycles. The molecule has 2 heterocycles. The Kier molecular flexibility index (Phi) is 2.67. The number of pyridine rings is 1. The van der Waals surface area contributed by atoms with Crippen molar-refractivity contribution in [3.8, 4) is 0 Å². The molecule has 16 heavy (non-hydrogen) atoms. The largest absolute Gasteiger partial charge is 0.299 e. The van der Waals surface area contributed by atoms with Crippen LogP contribution in [0.25, 0.3) is 5.52 Å². The zero-order chi connectivity index (χ0) is 11.9. The zero-order valence-electron chi connectivity index (χ0n) is 8.25. The van der Waals surface area contributed by atoms with E-state index in [1.54, 1.807) is 20.0 Å². The van der Waals surface area contributed by atoms with Crippen LogP contribution in [0.1, 0.15) is 22.7 Å². The second-order valence-corrected chi connectivity index (χ2v) is 3.70. The Bertz CT molecular complexity index is 570. The van der Waals surface area contributed by atoms with Gasteiger partial charge in [-0.1, -0.05) is 11.5 Å². The van der Waals surface area contributed by atoms with Gasteiger partial charge >= 0.3 is 0 Å². The molecule has 0 aromatic carbocycles. The molecular weight excluding hydrogens is 236 g/mol. The summed E-state index contributed by atoms with van der Waals surface area (Å²) >= 11 is 5.28. The average Bonchev–Trinajstić information content (AvgIpc) is 2.56. The molecule has 7 heteroatoms. The quantitative estimate of drug-likeness (QED) is 0.579. The number of aromatic nitrogens is 2. The number of hydrogen-bond acceptors (Lipinski definition) is 2. The molecule has 0 N–H and O–H groups in total. The molecule has 3 nitrogen and oxygen atoms in total. The Morgan fingerprint density at radius 1 is 1.50 bits per heavy atom. The molecule has 0 bridgehead atoms. The maximum atomic E-state index is 12.7. The third-order valence-electron chi connectivity index (χ3n) is 2.19. The van der Waals surface area contributed by atoms with Crippen molar-refractivity contribution in [2.75, 3.05) is 0 Å². The van der Waals surface area contributed by atoms with Gasteiger partial charge in [0.05, 0.1) is 5.52 Å². The monoisotopic (exact) mass is 242 g/mol. The molecule has 0 saturated carbocycles. The SMILES string of the molecule is Bc1ccc2c(C(=O)Cl)nc(C(F)F)n2c1. The summed E-state index contributed by atoms with van der Waals surface area (Å²) < 4.78 is 26.5. The van der Waals surface area contributed by atoms with E-state index in [0.29, 0.717) is 5.52 Å². The van der Waals surface area contributed by atoms with Crippen LogP contribution in [0.15, 0.2) is 18.3 Å². The lowest BCUT2D eigenvalue weighted by Gasteiger charge is -2.00. The lowest BCUT2D eigenvalue weighted by Crippen LogP contribution is -2.06. The summed E-state index contributed by atoms with van der Waals surface area (Å²) in [6.45, 7) is 0. The van der Waals surface area contributed by atoms with Gasteiger partial charge in [0.1, 0.15) is 13.5 Å². The van der Waals surface area contributed by atoms with Crippen molar-refractivity contribution in [2.45, 2.75) is 6.43 Å². The summed E-state index contributed by atoms with van der Waals surface area (Å²) in [5.41, 5.74) is 0.943. The zero-order valence-corrected chi connectivity index (χ0v) is 9.00. The first-order valence-corrected chi connectivity index (χ1v) is 4.85. The minimum Gasteiger partial charge on any atom is -0.299 e. The number of fused-ring (bicyclic) bond motifs is 1. The predicted molar refractivity (Wildman–Crippen MR) is 58.5 cm³/mol. The predicted octanol–water partition coefficient (Wildman–Crippen LogP) is 0.909. The van der Waals surface area contributed by atoms with E-state index in [4.69, 9.17) is 11.6 Å². The Labute approximate surface area is 95.4 Å². The Morgan fingerprint density at radius 3 is 2.75 bits per heavy atom. The highest BCUT2D eigenvalue weighted by Gasteiger charge is 2.21. The van der Waals surface area contributed by atoms with E-state index in [-0.39, 0.29) is 5.69 Å². The minimum atomic E-state index is -2.75. The van der Waals surface area contributed by atoms with Gasteiger partial charge in [-0.25, -0.2) is 13.8 Å². The van der Waals surface area contributed by atoms with E-state index in [2.05, 4.69) is 4.98 Å². The second-order valence-electron chi connectivity index (χ2n) is 3.35. The van der Waals surface area contributed by atoms with Crippen molar-refractivity contribution in [2.24, 2.45) is 0 Å². The van der Waals surface area contributed by atoms with Gasteiger partial charge in [0, 0.05) is 6.20 Å². The van der Waals surface area contributed by atoms with Crippen LogP contribution < -0.4 is 5.46 Å². The molecule has 0 amide bonds. The Balaban J connectivity index is 2.81. The summed E-state index contributed by atoms with van der Waals surface area (Å²) in [6.07, 6.45) is -1.26. The summed E-state index contributed by atoms with van der Waals surface area (Å²) in [5, 5.41) is -0.840. The van der Waals surface area contributed by atoms with Crippen molar-refractivity contribution in [1.29, 1.82) is 0 Å². The van der Waals surface area contributed by atoms with E-state index in [0.717, 1.165) is 5.46 Å². The van der Waals surface area contributed by atoms with Gasteiger partial charge in [-0.15, -0.1) is 0 Å². The summed E-state index contributed by atoms with van der Waals surface area (Å²) in [5.74, 6) is -0.470. The first kappa shape index (κ1) is 11.1. The fourth-order valence-electron chi connectivity index (χ4n) is 1.51. The number of imidazole rings is 1. The average molecular weight is 242 g/mol. The number of alkyl halides is 2. The topological polar surface area (TPSA) is 34.4 Å². The van der Waals surface area contributed by atoms with Crippen LogP contribution in [0.4, 0.5) is 8.78 Å². The highest BCUT2D eigenvalue weighted by molar-refractivity contribution is 6.68. The molecule has 2 rings (SSSR count). The number of hydrogen-bond donors (Lipinski definition) is 0. The molecule has 0 aliphatic rings. The summed E-state index contributed by atoms with van der Waals surface area (Å²) in [4.78, 5) is 14.6. The lowest BCUT2D eigenvalue weighted by atomic mass is 9.99. The van der Waals surface area contributed by atoms with Crippen molar-refractivity contribution in [3.05, 3.63) is 29.8 Å². The molecule has 0 radical (unpaired) electrons. The molecule has 0 aliphatic heterocycles. The van der Waals surface area contributed by atoms with Crippen LogP contribution in [0.5, 0.6) is 0 Å². The van der Waals surface area contributed by atoms with Crippen LogP contribution in [0, 0.1) is 0 Å². The van der Waals surface area contributed by atoms with Gasteiger partial charge < -0.3 is 0 Å². The second kappa shape index (κ2) is 3.86. The molecule has 0 atom stereocenters. The van der Waals surface area contributed by atoms with Crippen molar-refractivity contribution in [3.63, 3.8) is 0 Å². The maximum Gasteiger partial charge on any atom is 0.295 e. The number of rotatable bonds is 2. The van der Waals surface area contributed by atoms with Gasteiger partial charge in [-0.3, -0.25) is 9.20 Å². The van der Waals surface area contributed by atoms with Gasteiger partial charge in [0.15, 0.2) is 5.82 Å². The standard InChI is InChI=1S/C9H6BClF2N2O/c10-4-1-2-5-6(7(11)16)14-9(8(12)13)15(5)3-4/h1-3,8H,10H2. The molecule has 2 aromatic heterocycles. The van der Waals surface area contributed by atoms with E-state index < -0.39 is 17.5 Å². The van der Waals surface area contributed by atoms with Gasteiger partial charge in [-0.05, 0) is 17.7 Å². The van der Waals surface area contributed by atoms with E-state index in [9.17, 15) is 13.6 Å². The number of nitrogens with zero attached hydrogens (tertiary/aromatic N) is 2. The Hall–Kier alpha value is -1.43. The van der Waals surface area contributed by atoms with Gasteiger partial charge in [-0.2, -0.15) is 0 Å². The number of carbonyl (C=O) groups is 1. The highest BCUT2D eigenvalue weighted by atomic mass is 35.5. The van der Waals surface area contributed by atoms with Crippen molar-refractivity contribution in [1.82, 2.24) is 9.38 Å². The van der Waals surface area contributed by atoms with E-state index in [1.165, 1.54) is 10.6 Å². The fourth-order valence-corrected chi connectivity index (χ4v) is 1.65. The number of carbonyl (C=O) groups excluding carboxylic acids is 1. The molecule has 2 aromatic rings. The van der Waals surface area contributed by atoms with Crippen molar-refractivity contribution < 1.29 is 13.6 Å². The smallest absolute Gasteiger partial charge is 0.295 e. The molecule has 0 spiro atoms. The summed E-state index contributed by atoms with van der Waals surface area (Å²) in [6, 6.07) is 3.25. The molecule has 0 unspecified atom stereocenters. The van der Waals surface area contributed by atoms with E-state index in [1.807, 2.05) is 0 Å². The molecule has 0 aliphatic carbocycles. The highest BCUT2D eigenvalue weighted by Crippen LogP contribution is 2.22. The first-order valence-electron chi connectivity index (χ1n) is 4.47. The lowest BCUT2D eigenvalue weighted by molar-refractivity contribution is 0.107. The molecule has 0 fully saturated rings. The van der Waals surface area contributed by atoms with Crippen LogP contribution in [0.3, 0.4) is 0 Å². The van der Waals surface area contributed by atoms with Crippen LogP contribution in [-0.2, 0) is 0 Å². The van der Waals surface area contributed by atoms with Gasteiger partial charge in [0.2, 0.25) is 0 Å². The van der Waals surface area contributed by atoms with Crippen LogP contribution in [-0.4, -0.2) is 22.5 Å². The van der Waals surface area contributed by atoms with Gasteiger partial charge in [0.25, 0.3) is 11.7 Å². The fraction of sp³-hybridized carbons (Fsp3) is 0.111. The van der Waals surface area contributed by atoms with Crippen LogP contribution >= 0.6 is 11.6 Å². The van der Waals surface area contributed by atoms with Crippen LogP contribution in [0.2, 0.25) is 0 Å². The first-order chi connectivity index (χ1) is 7.50. The number of halogens is 3. The van der Waals surface area contributed by atoms with E-state index >= 15 is 0 Å².